The largest absolute Gasteiger partial charge is 0.507 e. The molecule has 0 aliphatic carbocycles. The number of methoxy groups -OCH3 is 1. The van der Waals surface area contributed by atoms with Crippen LogP contribution in [0.3, 0.4) is 0 Å². The van der Waals surface area contributed by atoms with Crippen molar-refractivity contribution in [2.75, 3.05) is 45.4 Å². The summed E-state index contributed by atoms with van der Waals surface area (Å²) in [5.74, 6) is -1.85. The van der Waals surface area contributed by atoms with Gasteiger partial charge in [-0.05, 0) is 24.3 Å². The van der Waals surface area contributed by atoms with Gasteiger partial charge in [-0.1, -0.05) is 18.2 Å². The number of nitrogens with zero attached hydrogens (tertiary/aromatic N) is 2. The average Bonchev–Trinajstić information content (AvgIpc) is 3.20. The number of aliphatic hydroxyl groups is 1. The highest BCUT2D eigenvalue weighted by Crippen LogP contribution is 2.53. The Bertz CT molecular complexity index is 1220. The highest BCUT2D eigenvalue weighted by molar-refractivity contribution is 6.50. The van der Waals surface area contributed by atoms with E-state index in [1.807, 2.05) is 0 Å². The lowest BCUT2D eigenvalue weighted by molar-refractivity contribution is -0.144. The minimum atomic E-state index is -1.80. The van der Waals surface area contributed by atoms with Crippen LogP contribution < -0.4 is 14.4 Å². The fourth-order valence-electron chi connectivity index (χ4n) is 4.79. The summed E-state index contributed by atoms with van der Waals surface area (Å²) in [6, 6.07) is 11.6. The molecule has 1 atom stereocenters. The summed E-state index contributed by atoms with van der Waals surface area (Å²) in [6.45, 7) is 0.850. The van der Waals surface area contributed by atoms with Gasteiger partial charge in [0.15, 0.2) is 17.0 Å². The van der Waals surface area contributed by atoms with Crippen LogP contribution in [0.15, 0.2) is 48.0 Å². The molecule has 2 aromatic carbocycles. The molecule has 1 fully saturated rings. The number of fused-ring (bicyclic) bond motifs is 3. The van der Waals surface area contributed by atoms with Crippen molar-refractivity contribution in [2.24, 2.45) is 0 Å². The van der Waals surface area contributed by atoms with E-state index in [2.05, 4.69) is 0 Å². The van der Waals surface area contributed by atoms with Crippen molar-refractivity contribution in [2.45, 2.75) is 5.54 Å². The van der Waals surface area contributed by atoms with E-state index in [1.54, 1.807) is 43.4 Å². The van der Waals surface area contributed by atoms with Gasteiger partial charge in [0.25, 0.3) is 17.6 Å². The minimum Gasteiger partial charge on any atom is -0.507 e. The average molecular weight is 450 g/mol. The van der Waals surface area contributed by atoms with Crippen LogP contribution in [0.1, 0.15) is 11.1 Å². The van der Waals surface area contributed by atoms with Crippen molar-refractivity contribution in [3.63, 3.8) is 0 Å². The second-order valence-corrected chi connectivity index (χ2v) is 7.95. The lowest BCUT2D eigenvalue weighted by Gasteiger charge is -2.34. The molecule has 3 aliphatic heterocycles. The van der Waals surface area contributed by atoms with Crippen LogP contribution in [-0.2, 0) is 24.7 Å². The molecule has 0 saturated carbocycles. The number of para-hydroxylation sites is 1. The summed E-state index contributed by atoms with van der Waals surface area (Å²) in [4.78, 5) is 42.9. The molecule has 0 aromatic heterocycles. The highest BCUT2D eigenvalue weighted by atomic mass is 16.6. The molecular weight excluding hydrogens is 428 g/mol. The molecule has 9 nitrogen and oxygen atoms in total. The van der Waals surface area contributed by atoms with Gasteiger partial charge in [-0.25, -0.2) is 0 Å². The van der Waals surface area contributed by atoms with Gasteiger partial charge in [0, 0.05) is 37.5 Å². The number of ketones is 1. The molecule has 2 amide bonds. The number of carbonyl (C=O) groups excluding carboxylic acids is 3. The molecule has 3 aliphatic rings. The van der Waals surface area contributed by atoms with Gasteiger partial charge >= 0.3 is 0 Å². The van der Waals surface area contributed by atoms with E-state index < -0.39 is 28.9 Å². The normalized spacial score (nSPS) is 22.9. The Morgan fingerprint density at radius 3 is 2.58 bits per heavy atom. The molecule has 2 aromatic rings. The zero-order valence-corrected chi connectivity index (χ0v) is 18.2. The maximum absolute atomic E-state index is 13.8. The molecule has 170 valence electrons. The van der Waals surface area contributed by atoms with Crippen LogP contribution in [-0.4, -0.2) is 68.1 Å². The van der Waals surface area contributed by atoms with Crippen molar-refractivity contribution >= 4 is 29.0 Å². The van der Waals surface area contributed by atoms with E-state index in [0.717, 1.165) is 0 Å². The molecule has 5 rings (SSSR count). The summed E-state index contributed by atoms with van der Waals surface area (Å²) in [5.41, 5.74) is -0.827. The first-order valence-electron chi connectivity index (χ1n) is 10.5. The monoisotopic (exact) mass is 450 g/mol. The molecule has 33 heavy (non-hydrogen) atoms. The van der Waals surface area contributed by atoms with E-state index in [0.29, 0.717) is 36.0 Å². The third-order valence-electron chi connectivity index (χ3n) is 6.27. The summed E-state index contributed by atoms with van der Waals surface area (Å²) < 4.78 is 16.3. The maximum atomic E-state index is 13.8. The Labute approximate surface area is 189 Å². The van der Waals surface area contributed by atoms with Crippen LogP contribution >= 0.6 is 0 Å². The zero-order valence-electron chi connectivity index (χ0n) is 18.2. The Morgan fingerprint density at radius 2 is 1.82 bits per heavy atom. The van der Waals surface area contributed by atoms with Gasteiger partial charge in [0.1, 0.15) is 19.0 Å². The van der Waals surface area contributed by atoms with Crippen molar-refractivity contribution in [1.29, 1.82) is 0 Å². The minimum absolute atomic E-state index is 0.00704. The summed E-state index contributed by atoms with van der Waals surface area (Å²) >= 11 is 0. The topological polar surface area (TPSA) is 106 Å². The van der Waals surface area contributed by atoms with Gasteiger partial charge in [-0.15, -0.1) is 0 Å². The van der Waals surface area contributed by atoms with E-state index in [-0.39, 0.29) is 24.3 Å². The molecule has 3 heterocycles. The van der Waals surface area contributed by atoms with Crippen LogP contribution in [0.25, 0.3) is 5.76 Å². The van der Waals surface area contributed by atoms with Gasteiger partial charge in [-0.2, -0.15) is 0 Å². The zero-order chi connectivity index (χ0) is 23.3. The van der Waals surface area contributed by atoms with Crippen LogP contribution in [0.2, 0.25) is 0 Å². The van der Waals surface area contributed by atoms with Gasteiger partial charge in [0.2, 0.25) is 0 Å². The number of benzene rings is 2. The van der Waals surface area contributed by atoms with E-state index >= 15 is 0 Å². The fourth-order valence-corrected chi connectivity index (χ4v) is 4.79. The Hall–Kier alpha value is -3.85. The number of hydrogen-bond donors (Lipinski definition) is 1. The predicted octanol–water partition coefficient (Wildman–Crippen LogP) is 1.66. The second-order valence-electron chi connectivity index (χ2n) is 7.95. The molecule has 1 N–H and O–H groups in total. The molecule has 1 spiro atoms. The number of Topliss-reactive ketones (excluding diaryl/α,β-unsaturated/α-hetero) is 1. The standard InChI is InChI=1S/C24H22N2O7/c1-25-16-6-4-3-5-15(16)24(23(25)30)19(21(28)22(29)26(24)9-10-31-2)20(27)14-7-8-17-18(13-14)33-12-11-32-17/h3-8,13,27H,9-12H2,1-2H3/b20-19-. The first-order valence-corrected chi connectivity index (χ1v) is 10.5. The van der Waals surface area contributed by atoms with Crippen molar-refractivity contribution < 1.29 is 33.7 Å². The van der Waals surface area contributed by atoms with Crippen LogP contribution in [0.5, 0.6) is 11.5 Å². The summed E-state index contributed by atoms with van der Waals surface area (Å²) in [6.07, 6.45) is 0. The third-order valence-corrected chi connectivity index (χ3v) is 6.27. The highest BCUT2D eigenvalue weighted by Gasteiger charge is 2.66. The molecule has 9 heteroatoms. The number of carbonyl (C=O) groups is 3. The number of anilines is 1. The maximum Gasteiger partial charge on any atom is 0.296 e. The van der Waals surface area contributed by atoms with E-state index in [1.165, 1.54) is 23.0 Å². The van der Waals surface area contributed by atoms with Gasteiger partial charge in [-0.3, -0.25) is 14.4 Å². The number of hydrogen-bond acceptors (Lipinski definition) is 7. The number of rotatable bonds is 4. The third kappa shape index (κ3) is 2.78. The summed E-state index contributed by atoms with van der Waals surface area (Å²) in [5, 5.41) is 11.4. The lowest BCUT2D eigenvalue weighted by atomic mass is 9.82. The first kappa shape index (κ1) is 21.0. The molecule has 1 unspecified atom stereocenters. The number of ether oxygens (including phenoxy) is 3. The number of aliphatic hydroxyl groups excluding tert-OH is 1. The quantitative estimate of drug-likeness (QED) is 0.429. The van der Waals surface area contributed by atoms with Crippen molar-refractivity contribution in [3.8, 4) is 11.5 Å². The van der Waals surface area contributed by atoms with Crippen LogP contribution in [0, 0.1) is 0 Å². The van der Waals surface area contributed by atoms with E-state index in [4.69, 9.17) is 14.2 Å². The van der Waals surface area contributed by atoms with Crippen molar-refractivity contribution in [1.82, 2.24) is 4.90 Å². The predicted molar refractivity (Wildman–Crippen MR) is 117 cm³/mol. The van der Waals surface area contributed by atoms with Gasteiger partial charge < -0.3 is 29.1 Å². The molecular formula is C24H22N2O7. The van der Waals surface area contributed by atoms with Crippen molar-refractivity contribution in [3.05, 3.63) is 59.2 Å². The number of likely N-dealkylation sites (tertiary alicyclic amines) is 1. The number of amides is 2. The molecule has 1 saturated heterocycles. The summed E-state index contributed by atoms with van der Waals surface area (Å²) in [7, 11) is 3.05. The lowest BCUT2D eigenvalue weighted by Crippen LogP contribution is -2.52. The Balaban J connectivity index is 1.78. The van der Waals surface area contributed by atoms with E-state index in [9.17, 15) is 19.5 Å². The molecule has 0 bridgehead atoms. The number of likely N-dealkylation sites (N-methyl/N-ethyl adjacent to an activating group) is 1. The van der Waals surface area contributed by atoms with Crippen LogP contribution in [0.4, 0.5) is 5.69 Å². The Morgan fingerprint density at radius 1 is 1.09 bits per heavy atom. The van der Waals surface area contributed by atoms with Gasteiger partial charge in [0.05, 0.1) is 12.2 Å². The SMILES string of the molecule is COCCN1C(=O)C(=O)/C(=C(/O)c2ccc3c(c2)OCCO3)C12C(=O)N(C)c1ccccc12. The first-order chi connectivity index (χ1) is 15.9. The molecule has 0 radical (unpaired) electrons. The smallest absolute Gasteiger partial charge is 0.296 e. The fraction of sp³-hybridized carbons (Fsp3) is 0.292. The second kappa shape index (κ2) is 7.63. The Kier molecular flexibility index (Phi) is 4.86.